The fourth-order valence-corrected chi connectivity index (χ4v) is 2.32. The lowest BCUT2D eigenvalue weighted by atomic mass is 10.0. The van der Waals surface area contributed by atoms with Crippen LogP contribution in [0.5, 0.6) is 0 Å². The molecule has 0 aromatic heterocycles. The summed E-state index contributed by atoms with van der Waals surface area (Å²) in [5.41, 5.74) is 7.61. The molecule has 2 aromatic rings. The summed E-state index contributed by atoms with van der Waals surface area (Å²) in [6, 6.07) is 10.4. The van der Waals surface area contributed by atoms with Crippen LogP contribution in [-0.2, 0) is 9.84 Å². The largest absolute Gasteiger partial charge is 0.398 e. The topological polar surface area (TPSA) is 60.2 Å². The van der Waals surface area contributed by atoms with Gasteiger partial charge in [-0.05, 0) is 29.8 Å². The van der Waals surface area contributed by atoms with Gasteiger partial charge in [-0.25, -0.2) is 12.8 Å². The van der Waals surface area contributed by atoms with Gasteiger partial charge in [-0.3, -0.25) is 0 Å². The summed E-state index contributed by atoms with van der Waals surface area (Å²) in [7, 11) is -3.27. The SMILES string of the molecule is CS(=O)(=O)c1ccc(-c2ccc(F)cc2)c(N)c1. The Kier molecular flexibility index (Phi) is 3.09. The quantitative estimate of drug-likeness (QED) is 0.849. The van der Waals surface area contributed by atoms with E-state index in [4.69, 9.17) is 5.73 Å². The number of hydrogen-bond acceptors (Lipinski definition) is 3. The number of nitrogen functional groups attached to an aromatic ring is 1. The molecule has 5 heteroatoms. The average Bonchev–Trinajstić information content (AvgIpc) is 2.29. The van der Waals surface area contributed by atoms with E-state index in [0.29, 0.717) is 11.3 Å². The molecule has 2 aromatic carbocycles. The van der Waals surface area contributed by atoms with E-state index in [2.05, 4.69) is 0 Å². The van der Waals surface area contributed by atoms with Crippen LogP contribution in [0.1, 0.15) is 0 Å². The first-order valence-electron chi connectivity index (χ1n) is 5.23. The molecule has 0 aliphatic carbocycles. The van der Waals surface area contributed by atoms with Gasteiger partial charge >= 0.3 is 0 Å². The van der Waals surface area contributed by atoms with E-state index >= 15 is 0 Å². The Morgan fingerprint density at radius 3 is 2.17 bits per heavy atom. The van der Waals surface area contributed by atoms with Crippen molar-refractivity contribution in [3.63, 3.8) is 0 Å². The van der Waals surface area contributed by atoms with Gasteiger partial charge in [0.1, 0.15) is 5.82 Å². The molecular weight excluding hydrogens is 253 g/mol. The third kappa shape index (κ3) is 2.51. The van der Waals surface area contributed by atoms with Crippen LogP contribution < -0.4 is 5.73 Å². The summed E-state index contributed by atoms with van der Waals surface area (Å²) in [6.45, 7) is 0. The van der Waals surface area contributed by atoms with Gasteiger partial charge in [0.15, 0.2) is 9.84 Å². The predicted molar refractivity (Wildman–Crippen MR) is 69.4 cm³/mol. The van der Waals surface area contributed by atoms with Crippen LogP contribution in [0, 0.1) is 5.82 Å². The van der Waals surface area contributed by atoms with E-state index in [9.17, 15) is 12.8 Å². The highest BCUT2D eigenvalue weighted by atomic mass is 32.2. The summed E-state index contributed by atoms with van der Waals surface area (Å²) in [4.78, 5) is 0.172. The van der Waals surface area contributed by atoms with Crippen molar-refractivity contribution in [1.29, 1.82) is 0 Å². The van der Waals surface area contributed by atoms with Crippen LogP contribution >= 0.6 is 0 Å². The number of hydrogen-bond donors (Lipinski definition) is 1. The van der Waals surface area contributed by atoms with E-state index in [1.807, 2.05) is 0 Å². The molecule has 0 heterocycles. The zero-order chi connectivity index (χ0) is 13.3. The first kappa shape index (κ1) is 12.6. The van der Waals surface area contributed by atoms with Gasteiger partial charge in [0.25, 0.3) is 0 Å². The average molecular weight is 265 g/mol. The lowest BCUT2D eigenvalue weighted by molar-refractivity contribution is 0.602. The monoisotopic (exact) mass is 265 g/mol. The molecule has 0 saturated carbocycles. The van der Waals surface area contributed by atoms with Crippen LogP contribution in [0.15, 0.2) is 47.4 Å². The molecule has 2 rings (SSSR count). The summed E-state index contributed by atoms with van der Waals surface area (Å²) in [6.07, 6.45) is 1.12. The fraction of sp³-hybridized carbons (Fsp3) is 0.0769. The standard InChI is InChI=1S/C13H12FNO2S/c1-18(16,17)11-6-7-12(13(15)8-11)9-2-4-10(14)5-3-9/h2-8H,15H2,1H3. The van der Waals surface area contributed by atoms with Crippen molar-refractivity contribution in [3.8, 4) is 11.1 Å². The number of halogens is 1. The molecule has 0 fully saturated rings. The Morgan fingerprint density at radius 1 is 1.06 bits per heavy atom. The minimum atomic E-state index is -3.27. The molecule has 0 radical (unpaired) electrons. The van der Waals surface area contributed by atoms with E-state index < -0.39 is 9.84 Å². The molecule has 0 bridgehead atoms. The van der Waals surface area contributed by atoms with Crippen molar-refractivity contribution in [2.45, 2.75) is 4.90 Å². The minimum Gasteiger partial charge on any atom is -0.398 e. The van der Waals surface area contributed by atoms with E-state index in [1.54, 1.807) is 18.2 Å². The maximum atomic E-state index is 12.8. The summed E-state index contributed by atoms with van der Waals surface area (Å²) < 4.78 is 35.6. The third-order valence-electron chi connectivity index (χ3n) is 2.61. The lowest BCUT2D eigenvalue weighted by Gasteiger charge is -2.07. The number of anilines is 1. The first-order valence-corrected chi connectivity index (χ1v) is 7.12. The fourth-order valence-electron chi connectivity index (χ4n) is 1.66. The van der Waals surface area contributed by atoms with Crippen LogP contribution in [0.4, 0.5) is 10.1 Å². The van der Waals surface area contributed by atoms with Gasteiger partial charge < -0.3 is 5.73 Å². The van der Waals surface area contributed by atoms with Crippen molar-refractivity contribution < 1.29 is 12.8 Å². The normalized spacial score (nSPS) is 11.4. The zero-order valence-electron chi connectivity index (χ0n) is 9.72. The molecule has 0 aliphatic heterocycles. The lowest BCUT2D eigenvalue weighted by Crippen LogP contribution is -1.99. The third-order valence-corrected chi connectivity index (χ3v) is 3.72. The Morgan fingerprint density at radius 2 is 1.67 bits per heavy atom. The van der Waals surface area contributed by atoms with Crippen molar-refractivity contribution in [1.82, 2.24) is 0 Å². The molecule has 3 nitrogen and oxygen atoms in total. The van der Waals surface area contributed by atoms with Gasteiger partial charge in [0.05, 0.1) is 4.90 Å². The second-order valence-electron chi connectivity index (χ2n) is 4.03. The predicted octanol–water partition coefficient (Wildman–Crippen LogP) is 2.48. The Bertz CT molecular complexity index is 679. The highest BCUT2D eigenvalue weighted by molar-refractivity contribution is 7.90. The highest BCUT2D eigenvalue weighted by Crippen LogP contribution is 2.28. The highest BCUT2D eigenvalue weighted by Gasteiger charge is 2.10. The van der Waals surface area contributed by atoms with Gasteiger partial charge in [0.2, 0.25) is 0 Å². The molecule has 94 valence electrons. The summed E-state index contributed by atoms with van der Waals surface area (Å²) in [5, 5.41) is 0. The molecular formula is C13H12FNO2S. The van der Waals surface area contributed by atoms with Crippen molar-refractivity contribution in [2.75, 3.05) is 12.0 Å². The van der Waals surface area contributed by atoms with Crippen molar-refractivity contribution in [3.05, 3.63) is 48.3 Å². The number of nitrogens with two attached hydrogens (primary N) is 1. The minimum absolute atomic E-state index is 0.172. The Labute approximate surface area is 105 Å². The Balaban J connectivity index is 2.51. The van der Waals surface area contributed by atoms with Gasteiger partial charge in [0, 0.05) is 17.5 Å². The molecule has 0 aliphatic rings. The van der Waals surface area contributed by atoms with Gasteiger partial charge in [-0.2, -0.15) is 0 Å². The Hall–Kier alpha value is -1.88. The smallest absolute Gasteiger partial charge is 0.175 e. The van der Waals surface area contributed by atoms with Crippen LogP contribution in [0.3, 0.4) is 0 Å². The van der Waals surface area contributed by atoms with Crippen molar-refractivity contribution in [2.24, 2.45) is 0 Å². The van der Waals surface area contributed by atoms with E-state index in [-0.39, 0.29) is 10.7 Å². The summed E-state index contributed by atoms with van der Waals surface area (Å²) in [5.74, 6) is -0.329. The van der Waals surface area contributed by atoms with Crippen LogP contribution in [0.25, 0.3) is 11.1 Å². The number of benzene rings is 2. The maximum Gasteiger partial charge on any atom is 0.175 e. The zero-order valence-corrected chi connectivity index (χ0v) is 10.5. The molecule has 0 unspecified atom stereocenters. The summed E-state index contributed by atoms with van der Waals surface area (Å²) >= 11 is 0. The maximum absolute atomic E-state index is 12.8. The number of rotatable bonds is 2. The molecule has 0 atom stereocenters. The molecule has 18 heavy (non-hydrogen) atoms. The number of sulfone groups is 1. The van der Waals surface area contributed by atoms with Gasteiger partial charge in [-0.15, -0.1) is 0 Å². The van der Waals surface area contributed by atoms with Gasteiger partial charge in [-0.1, -0.05) is 18.2 Å². The second kappa shape index (κ2) is 4.42. The van der Waals surface area contributed by atoms with Crippen LogP contribution in [0.2, 0.25) is 0 Å². The molecule has 0 saturated heterocycles. The van der Waals surface area contributed by atoms with E-state index in [0.717, 1.165) is 11.8 Å². The first-order chi connectivity index (χ1) is 8.38. The second-order valence-corrected chi connectivity index (χ2v) is 6.04. The van der Waals surface area contributed by atoms with Crippen LogP contribution in [-0.4, -0.2) is 14.7 Å². The molecule has 0 spiro atoms. The molecule has 2 N–H and O–H groups in total. The van der Waals surface area contributed by atoms with E-state index in [1.165, 1.54) is 24.3 Å². The molecule has 0 amide bonds. The van der Waals surface area contributed by atoms with Crippen molar-refractivity contribution >= 4 is 15.5 Å².